The zero-order valence-corrected chi connectivity index (χ0v) is 17.4. The van der Waals surface area contributed by atoms with E-state index in [4.69, 9.17) is 0 Å². The number of rotatable bonds is 3. The van der Waals surface area contributed by atoms with E-state index in [9.17, 15) is 4.39 Å². The van der Waals surface area contributed by atoms with E-state index < -0.39 is 0 Å². The van der Waals surface area contributed by atoms with E-state index in [1.165, 1.54) is 50.2 Å². The van der Waals surface area contributed by atoms with Crippen LogP contribution >= 0.6 is 0 Å². The van der Waals surface area contributed by atoms with Gasteiger partial charge in [-0.3, -0.25) is 9.88 Å². The zero-order valence-electron chi connectivity index (χ0n) is 17.4. The van der Waals surface area contributed by atoms with E-state index in [0.717, 1.165) is 43.7 Å². The number of aryl methyl sites for hydroxylation is 1. The summed E-state index contributed by atoms with van der Waals surface area (Å²) in [7, 11) is 0. The van der Waals surface area contributed by atoms with Crippen molar-refractivity contribution in [1.82, 2.24) is 24.6 Å². The van der Waals surface area contributed by atoms with Crippen LogP contribution in [-0.2, 0) is 19.5 Å². The third-order valence-electron chi connectivity index (χ3n) is 7.69. The van der Waals surface area contributed by atoms with Crippen LogP contribution in [0.25, 0.3) is 10.9 Å². The van der Waals surface area contributed by atoms with Crippen molar-refractivity contribution < 1.29 is 4.39 Å². The van der Waals surface area contributed by atoms with Crippen LogP contribution in [0.15, 0.2) is 30.5 Å². The lowest BCUT2D eigenvalue weighted by molar-refractivity contribution is 0.162. The molecule has 4 heterocycles. The Morgan fingerprint density at radius 1 is 1.03 bits per heavy atom. The summed E-state index contributed by atoms with van der Waals surface area (Å²) in [6, 6.07) is 7.11. The Labute approximate surface area is 176 Å². The van der Waals surface area contributed by atoms with Gasteiger partial charge in [0.25, 0.3) is 0 Å². The van der Waals surface area contributed by atoms with Crippen molar-refractivity contribution in [3.8, 4) is 0 Å². The van der Waals surface area contributed by atoms with Crippen molar-refractivity contribution in [3.05, 3.63) is 53.5 Å². The number of halogens is 1. The molecule has 0 N–H and O–H groups in total. The van der Waals surface area contributed by atoms with Crippen molar-refractivity contribution in [3.63, 3.8) is 0 Å². The molecule has 30 heavy (non-hydrogen) atoms. The summed E-state index contributed by atoms with van der Waals surface area (Å²) in [6.07, 6.45) is 10.3. The molecule has 2 fully saturated rings. The Morgan fingerprint density at radius 3 is 2.83 bits per heavy atom. The molecule has 0 amide bonds. The fourth-order valence-corrected chi connectivity index (χ4v) is 5.75. The normalized spacial score (nSPS) is 23.4. The molecule has 3 aromatic rings. The molecule has 2 aromatic heterocycles. The molecule has 1 spiro atoms. The SMILES string of the molecule is Fc1ccc(CN2CCC3(CC2)CC3c2nnc3n2CCCCC3)c2ncccc12. The van der Waals surface area contributed by atoms with Crippen LogP contribution in [0.1, 0.15) is 61.7 Å². The molecule has 1 unspecified atom stereocenters. The molecule has 3 aliphatic rings. The third kappa shape index (κ3) is 3.04. The zero-order chi connectivity index (χ0) is 20.1. The van der Waals surface area contributed by atoms with Gasteiger partial charge in [0.15, 0.2) is 0 Å². The Morgan fingerprint density at radius 2 is 1.93 bits per heavy atom. The Bertz CT molecular complexity index is 1080. The second-order valence-electron chi connectivity index (χ2n) is 9.44. The van der Waals surface area contributed by atoms with E-state index in [0.29, 0.717) is 16.7 Å². The molecule has 0 radical (unpaired) electrons. The first-order valence-electron chi connectivity index (χ1n) is 11.4. The van der Waals surface area contributed by atoms with Gasteiger partial charge in [0, 0.05) is 37.0 Å². The highest BCUT2D eigenvalue weighted by Crippen LogP contribution is 2.64. The molecule has 1 aromatic carbocycles. The summed E-state index contributed by atoms with van der Waals surface area (Å²) in [6.45, 7) is 4.11. The summed E-state index contributed by atoms with van der Waals surface area (Å²) < 4.78 is 16.6. The minimum Gasteiger partial charge on any atom is -0.315 e. The topological polar surface area (TPSA) is 46.8 Å². The molecule has 6 rings (SSSR count). The van der Waals surface area contributed by atoms with Crippen LogP contribution in [0.4, 0.5) is 4.39 Å². The smallest absolute Gasteiger partial charge is 0.136 e. The minimum absolute atomic E-state index is 0.187. The highest BCUT2D eigenvalue weighted by Gasteiger charge is 2.57. The molecule has 156 valence electrons. The molecule has 5 nitrogen and oxygen atoms in total. The van der Waals surface area contributed by atoms with Crippen LogP contribution in [0, 0.1) is 11.2 Å². The van der Waals surface area contributed by atoms with Crippen LogP contribution < -0.4 is 0 Å². The maximum Gasteiger partial charge on any atom is 0.136 e. The maximum atomic E-state index is 14.1. The van der Waals surface area contributed by atoms with Crippen LogP contribution in [0.2, 0.25) is 0 Å². The average molecular weight is 406 g/mol. The van der Waals surface area contributed by atoms with E-state index in [1.54, 1.807) is 18.3 Å². The Kier molecular flexibility index (Phi) is 4.37. The lowest BCUT2D eigenvalue weighted by Gasteiger charge is -2.33. The maximum absolute atomic E-state index is 14.1. The molecule has 1 saturated heterocycles. The van der Waals surface area contributed by atoms with Gasteiger partial charge in [0.1, 0.15) is 17.5 Å². The molecule has 1 saturated carbocycles. The number of fused-ring (bicyclic) bond motifs is 2. The molecular formula is C24H28FN5. The van der Waals surface area contributed by atoms with Crippen molar-refractivity contribution in [2.75, 3.05) is 13.1 Å². The van der Waals surface area contributed by atoms with Gasteiger partial charge in [0.05, 0.1) is 5.52 Å². The standard InChI is InChI=1S/C24H28FN5/c25-20-8-7-17(22-18(20)5-4-11-26-22)16-29-13-9-24(10-14-29)15-19(24)23-28-27-21-6-2-1-3-12-30(21)23/h4-5,7-8,11,19H,1-3,6,9-10,12-16H2. The summed E-state index contributed by atoms with van der Waals surface area (Å²) >= 11 is 0. The molecule has 1 aliphatic carbocycles. The van der Waals surface area contributed by atoms with E-state index in [-0.39, 0.29) is 5.82 Å². The Balaban J connectivity index is 1.15. The van der Waals surface area contributed by atoms with Gasteiger partial charge >= 0.3 is 0 Å². The van der Waals surface area contributed by atoms with Gasteiger partial charge < -0.3 is 4.57 Å². The van der Waals surface area contributed by atoms with Gasteiger partial charge in [-0.2, -0.15) is 0 Å². The summed E-state index contributed by atoms with van der Waals surface area (Å²) in [5.74, 6) is 2.87. The van der Waals surface area contributed by atoms with Crippen molar-refractivity contribution in [2.24, 2.45) is 5.41 Å². The third-order valence-corrected chi connectivity index (χ3v) is 7.69. The van der Waals surface area contributed by atoms with Crippen molar-refractivity contribution >= 4 is 10.9 Å². The van der Waals surface area contributed by atoms with Gasteiger partial charge in [-0.1, -0.05) is 12.5 Å². The predicted molar refractivity (Wildman–Crippen MR) is 114 cm³/mol. The lowest BCUT2D eigenvalue weighted by Crippen LogP contribution is -2.34. The predicted octanol–water partition coefficient (Wildman–Crippen LogP) is 4.46. The largest absolute Gasteiger partial charge is 0.315 e. The van der Waals surface area contributed by atoms with E-state index >= 15 is 0 Å². The molecule has 6 heteroatoms. The first-order chi connectivity index (χ1) is 14.7. The first kappa shape index (κ1) is 18.4. The fraction of sp³-hybridized carbons (Fsp3) is 0.542. The summed E-state index contributed by atoms with van der Waals surface area (Å²) in [5.41, 5.74) is 2.35. The van der Waals surface area contributed by atoms with Crippen LogP contribution in [-0.4, -0.2) is 37.7 Å². The van der Waals surface area contributed by atoms with Crippen molar-refractivity contribution in [2.45, 2.75) is 64.0 Å². The lowest BCUT2D eigenvalue weighted by atomic mass is 9.90. The van der Waals surface area contributed by atoms with E-state index in [1.807, 2.05) is 12.1 Å². The molecule has 1 atom stereocenters. The van der Waals surface area contributed by atoms with Gasteiger partial charge in [-0.05, 0) is 74.4 Å². The number of piperidine rings is 1. The first-order valence-corrected chi connectivity index (χ1v) is 11.4. The second kappa shape index (κ2) is 7.12. The average Bonchev–Trinajstić information content (AvgIpc) is 3.41. The monoisotopic (exact) mass is 405 g/mol. The highest BCUT2D eigenvalue weighted by atomic mass is 19.1. The van der Waals surface area contributed by atoms with E-state index in [2.05, 4.69) is 24.6 Å². The molecule has 0 bridgehead atoms. The number of hydrogen-bond donors (Lipinski definition) is 0. The number of likely N-dealkylation sites (tertiary alicyclic amines) is 1. The quantitative estimate of drug-likeness (QED) is 0.645. The molecular weight excluding hydrogens is 377 g/mol. The summed E-state index contributed by atoms with van der Waals surface area (Å²) in [4.78, 5) is 6.96. The Hall–Kier alpha value is -2.34. The van der Waals surface area contributed by atoms with Gasteiger partial charge in [-0.25, -0.2) is 4.39 Å². The van der Waals surface area contributed by atoms with Crippen molar-refractivity contribution in [1.29, 1.82) is 0 Å². The molecule has 2 aliphatic heterocycles. The number of pyridine rings is 1. The highest BCUT2D eigenvalue weighted by molar-refractivity contribution is 5.82. The summed E-state index contributed by atoms with van der Waals surface area (Å²) in [5, 5.41) is 9.79. The van der Waals surface area contributed by atoms with Gasteiger partial charge in [-0.15, -0.1) is 10.2 Å². The van der Waals surface area contributed by atoms with Gasteiger partial charge in [0.2, 0.25) is 0 Å². The van der Waals surface area contributed by atoms with Crippen LogP contribution in [0.3, 0.4) is 0 Å². The number of benzene rings is 1. The minimum atomic E-state index is -0.187. The van der Waals surface area contributed by atoms with Crippen LogP contribution in [0.5, 0.6) is 0 Å². The number of aromatic nitrogens is 4. The number of nitrogens with zero attached hydrogens (tertiary/aromatic N) is 5. The second-order valence-corrected chi connectivity index (χ2v) is 9.44. The number of hydrogen-bond acceptors (Lipinski definition) is 4. The fourth-order valence-electron chi connectivity index (χ4n) is 5.75.